The van der Waals surface area contributed by atoms with Crippen molar-refractivity contribution in [1.82, 2.24) is 14.9 Å². The quantitative estimate of drug-likeness (QED) is 0.361. The Hall–Kier alpha value is -3.60. The number of halogens is 3. The van der Waals surface area contributed by atoms with Crippen LogP contribution in [0.1, 0.15) is 19.4 Å². The molecule has 1 N–H and O–H groups in total. The van der Waals surface area contributed by atoms with E-state index in [1.807, 2.05) is 0 Å². The summed E-state index contributed by atoms with van der Waals surface area (Å²) in [6.07, 6.45) is 4.89. The Balaban J connectivity index is 1.54. The molecule has 3 amide bonds. The van der Waals surface area contributed by atoms with Crippen molar-refractivity contribution in [2.24, 2.45) is 0 Å². The van der Waals surface area contributed by atoms with Crippen molar-refractivity contribution in [2.45, 2.75) is 36.3 Å². The van der Waals surface area contributed by atoms with E-state index in [-0.39, 0.29) is 28.9 Å². The first-order valence-electron chi connectivity index (χ1n) is 10.2. The van der Waals surface area contributed by atoms with Crippen molar-refractivity contribution < 1.29 is 22.8 Å². The van der Waals surface area contributed by atoms with Gasteiger partial charge in [-0.25, -0.2) is 14.7 Å². The molecule has 7 nitrogen and oxygen atoms in total. The molecule has 4 rings (SSSR count). The third kappa shape index (κ3) is 4.98. The second-order valence-electron chi connectivity index (χ2n) is 8.02. The van der Waals surface area contributed by atoms with Gasteiger partial charge in [0.2, 0.25) is 0 Å². The van der Waals surface area contributed by atoms with Crippen molar-refractivity contribution in [3.63, 3.8) is 0 Å². The van der Waals surface area contributed by atoms with Crippen molar-refractivity contribution in [1.29, 1.82) is 0 Å². The average Bonchev–Trinajstić information content (AvgIpc) is 2.94. The zero-order chi connectivity index (χ0) is 24.5. The molecule has 1 fully saturated rings. The Labute approximate surface area is 198 Å². The molecule has 0 unspecified atom stereocenters. The van der Waals surface area contributed by atoms with Crippen molar-refractivity contribution in [3.05, 3.63) is 72.7 Å². The van der Waals surface area contributed by atoms with Gasteiger partial charge in [0.15, 0.2) is 0 Å². The van der Waals surface area contributed by atoms with Gasteiger partial charge in [0.1, 0.15) is 11.4 Å². The van der Waals surface area contributed by atoms with Crippen molar-refractivity contribution >= 4 is 40.9 Å². The number of alkyl halides is 3. The van der Waals surface area contributed by atoms with Gasteiger partial charge in [-0.1, -0.05) is 0 Å². The maximum atomic E-state index is 13.2. The highest BCUT2D eigenvalue weighted by Crippen LogP contribution is 2.39. The van der Waals surface area contributed by atoms with Gasteiger partial charge >= 0.3 is 11.5 Å². The number of aromatic nitrogens is 2. The fraction of sp³-hybridized carbons (Fsp3) is 0.217. The normalized spacial score (nSPS) is 15.7. The first-order valence-corrected chi connectivity index (χ1v) is 11.0. The summed E-state index contributed by atoms with van der Waals surface area (Å²) in [4.78, 5) is 37.0. The summed E-state index contributed by atoms with van der Waals surface area (Å²) in [5, 5.41) is 3.15. The van der Waals surface area contributed by atoms with Crippen LogP contribution in [0.3, 0.4) is 0 Å². The third-order valence-electron chi connectivity index (χ3n) is 5.27. The molecule has 2 aromatic heterocycles. The fourth-order valence-corrected chi connectivity index (χ4v) is 4.07. The summed E-state index contributed by atoms with van der Waals surface area (Å²) in [7, 11) is 0. The van der Waals surface area contributed by atoms with Crippen LogP contribution in [0.5, 0.6) is 0 Å². The molecular formula is C23H20F3N5O2S. The van der Waals surface area contributed by atoms with Crippen LogP contribution in [0.4, 0.5) is 35.2 Å². The van der Waals surface area contributed by atoms with Crippen LogP contribution < -0.4 is 10.2 Å². The molecule has 0 aliphatic carbocycles. The van der Waals surface area contributed by atoms with Gasteiger partial charge in [0.05, 0.1) is 5.69 Å². The monoisotopic (exact) mass is 487 g/mol. The number of urea groups is 1. The number of pyridine rings is 2. The number of anilines is 3. The standard InChI is InChI=1S/C23H20F3N5O2S/c1-22(2)20(32)31(17-3-5-18(6-4-17)34-23(24,25)26)21(33)30(22)14-15-7-12-28-19(13-15)29-16-8-10-27-11-9-16/h3-13H,14H2,1-2H3,(H,27,28,29). The maximum Gasteiger partial charge on any atom is 0.446 e. The number of carbonyl (C=O) groups excluding carboxylic acids is 2. The molecule has 34 heavy (non-hydrogen) atoms. The molecule has 3 aromatic rings. The van der Waals surface area contributed by atoms with Crippen LogP contribution >= 0.6 is 11.8 Å². The molecule has 0 spiro atoms. The predicted octanol–water partition coefficient (Wildman–Crippen LogP) is 5.58. The summed E-state index contributed by atoms with van der Waals surface area (Å²) in [6.45, 7) is 3.42. The molecule has 176 valence electrons. The van der Waals surface area contributed by atoms with Crippen LogP contribution in [-0.4, -0.2) is 37.9 Å². The first kappa shape index (κ1) is 23.6. The number of rotatable bonds is 6. The maximum absolute atomic E-state index is 13.2. The van der Waals surface area contributed by atoms with Gasteiger partial charge < -0.3 is 10.2 Å². The van der Waals surface area contributed by atoms with Crippen LogP contribution in [0.2, 0.25) is 0 Å². The van der Waals surface area contributed by atoms with E-state index in [9.17, 15) is 22.8 Å². The van der Waals surface area contributed by atoms with Crippen LogP contribution in [-0.2, 0) is 11.3 Å². The zero-order valence-electron chi connectivity index (χ0n) is 18.2. The highest BCUT2D eigenvalue weighted by molar-refractivity contribution is 8.00. The Kier molecular flexibility index (Phi) is 6.22. The Bertz CT molecular complexity index is 1200. The lowest BCUT2D eigenvalue weighted by molar-refractivity contribution is -0.123. The predicted molar refractivity (Wildman–Crippen MR) is 123 cm³/mol. The molecule has 1 aliphatic rings. The Morgan fingerprint density at radius 3 is 2.32 bits per heavy atom. The Morgan fingerprint density at radius 1 is 1.00 bits per heavy atom. The zero-order valence-corrected chi connectivity index (χ0v) is 19.0. The minimum absolute atomic E-state index is 0.0301. The molecule has 1 saturated heterocycles. The van der Waals surface area contributed by atoms with Gasteiger partial charge in [-0.05, 0) is 79.7 Å². The highest BCUT2D eigenvalue weighted by Gasteiger charge is 2.51. The fourth-order valence-electron chi connectivity index (χ4n) is 3.53. The summed E-state index contributed by atoms with van der Waals surface area (Å²) < 4.78 is 37.8. The summed E-state index contributed by atoms with van der Waals surface area (Å²) in [6, 6.07) is 11.7. The number of carbonyl (C=O) groups is 2. The van der Waals surface area contributed by atoms with E-state index in [1.54, 1.807) is 56.7 Å². The lowest BCUT2D eigenvalue weighted by Crippen LogP contribution is -2.43. The van der Waals surface area contributed by atoms with E-state index in [1.165, 1.54) is 29.2 Å². The number of benzene rings is 1. The van der Waals surface area contributed by atoms with E-state index < -0.39 is 23.0 Å². The average molecular weight is 488 g/mol. The molecule has 1 aliphatic heterocycles. The number of nitrogens with one attached hydrogen (secondary N) is 1. The number of hydrogen-bond donors (Lipinski definition) is 1. The van der Waals surface area contributed by atoms with Crippen molar-refractivity contribution in [2.75, 3.05) is 10.2 Å². The van der Waals surface area contributed by atoms with E-state index in [2.05, 4.69) is 15.3 Å². The minimum atomic E-state index is -4.42. The van der Waals surface area contributed by atoms with Gasteiger partial charge in [-0.2, -0.15) is 13.2 Å². The minimum Gasteiger partial charge on any atom is -0.340 e. The smallest absolute Gasteiger partial charge is 0.340 e. The van der Waals surface area contributed by atoms with Crippen LogP contribution in [0, 0.1) is 0 Å². The largest absolute Gasteiger partial charge is 0.446 e. The van der Waals surface area contributed by atoms with Crippen LogP contribution in [0.25, 0.3) is 0 Å². The third-order valence-corrected chi connectivity index (χ3v) is 6.01. The SMILES string of the molecule is CC1(C)C(=O)N(c2ccc(SC(F)(F)F)cc2)C(=O)N1Cc1ccnc(Nc2ccncc2)c1. The highest BCUT2D eigenvalue weighted by atomic mass is 32.2. The first-order chi connectivity index (χ1) is 16.0. The summed E-state index contributed by atoms with van der Waals surface area (Å²) in [5.74, 6) is 0.104. The van der Waals surface area contributed by atoms with Crippen molar-refractivity contribution in [3.8, 4) is 0 Å². The second kappa shape index (κ2) is 8.98. The topological polar surface area (TPSA) is 78.4 Å². The molecule has 0 bridgehead atoms. The van der Waals surface area contributed by atoms with E-state index in [0.717, 1.165) is 16.2 Å². The number of amides is 3. The molecule has 11 heteroatoms. The van der Waals surface area contributed by atoms with Gasteiger partial charge in [-0.3, -0.25) is 9.78 Å². The lowest BCUT2D eigenvalue weighted by atomic mass is 10.0. The molecule has 1 aromatic carbocycles. The van der Waals surface area contributed by atoms with Gasteiger partial charge in [0, 0.05) is 35.7 Å². The molecular weight excluding hydrogens is 467 g/mol. The number of hydrogen-bond acceptors (Lipinski definition) is 6. The number of thioether (sulfide) groups is 1. The molecule has 3 heterocycles. The molecule has 0 radical (unpaired) electrons. The second-order valence-corrected chi connectivity index (χ2v) is 9.16. The number of nitrogens with zero attached hydrogens (tertiary/aromatic N) is 4. The van der Waals surface area contributed by atoms with E-state index in [4.69, 9.17) is 0 Å². The van der Waals surface area contributed by atoms with Crippen LogP contribution in [0.15, 0.2) is 72.0 Å². The molecule has 0 atom stereocenters. The molecule has 0 saturated carbocycles. The van der Waals surface area contributed by atoms with E-state index >= 15 is 0 Å². The number of imide groups is 1. The summed E-state index contributed by atoms with van der Waals surface area (Å²) in [5.41, 5.74) is -3.81. The summed E-state index contributed by atoms with van der Waals surface area (Å²) >= 11 is -0.257. The Morgan fingerprint density at radius 2 is 1.68 bits per heavy atom. The van der Waals surface area contributed by atoms with Gasteiger partial charge in [-0.15, -0.1) is 0 Å². The lowest BCUT2D eigenvalue weighted by Gasteiger charge is -2.27. The van der Waals surface area contributed by atoms with E-state index in [0.29, 0.717) is 5.82 Å². The van der Waals surface area contributed by atoms with Gasteiger partial charge in [0.25, 0.3) is 5.91 Å².